The Balaban J connectivity index is 1.87. The summed E-state index contributed by atoms with van der Waals surface area (Å²) in [6.07, 6.45) is 0.823. The standard InChI is InChI=1S/C23H21BrN2O/c1-3-15-17(11-7-13-19(15)24)20-22(27)21(26(2)23(20)25)18-12-6-9-14-8-4-5-10-16(14)18/h4-13,21H,3,25H2,1-2H3. The van der Waals surface area contributed by atoms with E-state index in [9.17, 15) is 4.79 Å². The molecule has 0 spiro atoms. The zero-order valence-corrected chi connectivity index (χ0v) is 17.0. The van der Waals surface area contributed by atoms with Crippen molar-refractivity contribution in [3.8, 4) is 0 Å². The molecule has 0 saturated carbocycles. The average Bonchev–Trinajstić information content (AvgIpc) is 2.90. The number of ketones is 1. The van der Waals surface area contributed by atoms with Crippen molar-refractivity contribution in [3.63, 3.8) is 0 Å². The van der Waals surface area contributed by atoms with E-state index in [0.29, 0.717) is 11.4 Å². The SMILES string of the molecule is CCc1c(Br)cccc1C1=C(N)N(C)C(c2cccc3ccccc23)C1=O. The Kier molecular flexibility index (Phi) is 4.52. The van der Waals surface area contributed by atoms with Crippen LogP contribution in [0, 0.1) is 0 Å². The van der Waals surface area contributed by atoms with E-state index in [1.54, 1.807) is 0 Å². The number of halogens is 1. The van der Waals surface area contributed by atoms with Gasteiger partial charge in [-0.1, -0.05) is 77.5 Å². The number of carbonyl (C=O) groups is 1. The summed E-state index contributed by atoms with van der Waals surface area (Å²) in [5, 5.41) is 2.21. The zero-order valence-electron chi connectivity index (χ0n) is 15.4. The Morgan fingerprint density at radius 3 is 2.52 bits per heavy atom. The van der Waals surface area contributed by atoms with Crippen LogP contribution in [0.25, 0.3) is 16.3 Å². The minimum Gasteiger partial charge on any atom is -0.385 e. The van der Waals surface area contributed by atoms with E-state index < -0.39 is 6.04 Å². The van der Waals surface area contributed by atoms with Crippen molar-refractivity contribution in [1.29, 1.82) is 0 Å². The highest BCUT2D eigenvalue weighted by Crippen LogP contribution is 2.41. The summed E-state index contributed by atoms with van der Waals surface area (Å²) in [7, 11) is 1.90. The highest BCUT2D eigenvalue weighted by atomic mass is 79.9. The van der Waals surface area contributed by atoms with Crippen LogP contribution in [0.4, 0.5) is 0 Å². The summed E-state index contributed by atoms with van der Waals surface area (Å²) in [5.41, 5.74) is 10.1. The van der Waals surface area contributed by atoms with Gasteiger partial charge in [-0.3, -0.25) is 4.79 Å². The lowest BCUT2D eigenvalue weighted by Gasteiger charge is -2.23. The van der Waals surface area contributed by atoms with E-state index in [1.807, 2.05) is 54.4 Å². The number of likely N-dealkylation sites (N-methyl/N-ethyl adjacent to an activating group) is 1. The third kappa shape index (κ3) is 2.76. The number of nitrogens with zero attached hydrogens (tertiary/aromatic N) is 1. The van der Waals surface area contributed by atoms with Gasteiger partial charge in [-0.15, -0.1) is 0 Å². The molecule has 1 aliphatic rings. The Bertz CT molecular complexity index is 1080. The van der Waals surface area contributed by atoms with Gasteiger partial charge in [-0.2, -0.15) is 0 Å². The number of hydrogen-bond acceptors (Lipinski definition) is 3. The minimum absolute atomic E-state index is 0.0548. The van der Waals surface area contributed by atoms with Crippen LogP contribution in [0.5, 0.6) is 0 Å². The van der Waals surface area contributed by atoms with Gasteiger partial charge >= 0.3 is 0 Å². The molecule has 0 bridgehead atoms. The van der Waals surface area contributed by atoms with E-state index in [-0.39, 0.29) is 5.78 Å². The van der Waals surface area contributed by atoms with Crippen LogP contribution in [-0.2, 0) is 11.2 Å². The van der Waals surface area contributed by atoms with Gasteiger partial charge in [-0.05, 0) is 39.9 Å². The zero-order chi connectivity index (χ0) is 19.1. The molecule has 2 N–H and O–H groups in total. The maximum absolute atomic E-state index is 13.6. The fraction of sp³-hybridized carbons (Fsp3) is 0.174. The molecule has 4 rings (SSSR count). The van der Waals surface area contributed by atoms with Crippen molar-refractivity contribution in [1.82, 2.24) is 4.90 Å². The van der Waals surface area contributed by atoms with Gasteiger partial charge in [0.15, 0.2) is 5.78 Å². The number of carbonyl (C=O) groups excluding carboxylic acids is 1. The number of rotatable bonds is 3. The predicted octanol–water partition coefficient (Wildman–Crippen LogP) is 5.05. The minimum atomic E-state index is -0.408. The monoisotopic (exact) mass is 420 g/mol. The Hall–Kier alpha value is -2.59. The molecule has 3 aromatic rings. The maximum atomic E-state index is 13.6. The van der Waals surface area contributed by atoms with Crippen LogP contribution in [0.1, 0.15) is 29.7 Å². The Labute approximate surface area is 167 Å². The van der Waals surface area contributed by atoms with Gasteiger partial charge in [0.2, 0.25) is 0 Å². The van der Waals surface area contributed by atoms with E-state index in [4.69, 9.17) is 5.73 Å². The van der Waals surface area contributed by atoms with E-state index >= 15 is 0 Å². The molecule has 1 atom stereocenters. The first-order valence-corrected chi connectivity index (χ1v) is 9.86. The highest BCUT2D eigenvalue weighted by molar-refractivity contribution is 9.10. The molecule has 0 amide bonds. The molecule has 3 nitrogen and oxygen atoms in total. The molecule has 0 radical (unpaired) electrons. The molecule has 0 saturated heterocycles. The van der Waals surface area contributed by atoms with E-state index in [0.717, 1.165) is 38.4 Å². The van der Waals surface area contributed by atoms with Crippen LogP contribution in [0.15, 0.2) is 71.0 Å². The molecular formula is C23H21BrN2O. The molecule has 4 heteroatoms. The van der Waals surface area contributed by atoms with Gasteiger partial charge in [0.25, 0.3) is 0 Å². The van der Waals surface area contributed by atoms with E-state index in [2.05, 4.69) is 41.1 Å². The maximum Gasteiger partial charge on any atom is 0.194 e. The average molecular weight is 421 g/mol. The molecule has 136 valence electrons. The Morgan fingerprint density at radius 1 is 1.04 bits per heavy atom. The van der Waals surface area contributed by atoms with Crippen LogP contribution in [0.3, 0.4) is 0 Å². The molecule has 0 fully saturated rings. The quantitative estimate of drug-likeness (QED) is 0.644. The lowest BCUT2D eigenvalue weighted by Crippen LogP contribution is -2.25. The largest absolute Gasteiger partial charge is 0.385 e. The van der Waals surface area contributed by atoms with Crippen molar-refractivity contribution < 1.29 is 4.79 Å². The van der Waals surface area contributed by atoms with Crippen molar-refractivity contribution in [2.75, 3.05) is 7.05 Å². The topological polar surface area (TPSA) is 46.3 Å². The predicted molar refractivity (Wildman–Crippen MR) is 114 cm³/mol. The normalized spacial score (nSPS) is 17.2. The van der Waals surface area contributed by atoms with Crippen LogP contribution in [-0.4, -0.2) is 17.7 Å². The second-order valence-corrected chi connectivity index (χ2v) is 7.68. The summed E-state index contributed by atoms with van der Waals surface area (Å²) in [6.45, 7) is 2.09. The molecule has 27 heavy (non-hydrogen) atoms. The summed E-state index contributed by atoms with van der Waals surface area (Å²) < 4.78 is 1.01. The molecule has 0 aliphatic carbocycles. The van der Waals surface area contributed by atoms with Crippen LogP contribution >= 0.6 is 15.9 Å². The van der Waals surface area contributed by atoms with Crippen molar-refractivity contribution in [2.24, 2.45) is 5.73 Å². The third-order valence-electron chi connectivity index (χ3n) is 5.38. The van der Waals surface area contributed by atoms with Gasteiger partial charge < -0.3 is 10.6 Å². The number of Topliss-reactive ketones (excluding diaryl/α,β-unsaturated/α-hetero) is 1. The first kappa shape index (κ1) is 17.8. The van der Waals surface area contributed by atoms with E-state index in [1.165, 1.54) is 0 Å². The van der Waals surface area contributed by atoms with Gasteiger partial charge in [-0.25, -0.2) is 0 Å². The second-order valence-electron chi connectivity index (χ2n) is 6.83. The third-order valence-corrected chi connectivity index (χ3v) is 6.12. The van der Waals surface area contributed by atoms with Crippen molar-refractivity contribution >= 4 is 38.1 Å². The van der Waals surface area contributed by atoms with Gasteiger partial charge in [0.1, 0.15) is 11.9 Å². The smallest absolute Gasteiger partial charge is 0.194 e. The summed E-state index contributed by atoms with van der Waals surface area (Å²) >= 11 is 3.61. The lowest BCUT2D eigenvalue weighted by atomic mass is 9.90. The number of benzene rings is 3. The first-order valence-electron chi connectivity index (χ1n) is 9.06. The molecule has 1 heterocycles. The number of nitrogens with two attached hydrogens (primary N) is 1. The van der Waals surface area contributed by atoms with Crippen LogP contribution in [0.2, 0.25) is 0 Å². The lowest BCUT2D eigenvalue weighted by molar-refractivity contribution is -0.116. The van der Waals surface area contributed by atoms with Crippen LogP contribution < -0.4 is 5.73 Å². The Morgan fingerprint density at radius 2 is 1.74 bits per heavy atom. The first-order chi connectivity index (χ1) is 13.0. The fourth-order valence-electron chi connectivity index (χ4n) is 4.02. The number of fused-ring (bicyclic) bond motifs is 1. The summed E-state index contributed by atoms with van der Waals surface area (Å²) in [5.74, 6) is 0.588. The van der Waals surface area contributed by atoms with Gasteiger partial charge in [0, 0.05) is 11.5 Å². The summed E-state index contributed by atoms with van der Waals surface area (Å²) in [6, 6.07) is 19.8. The molecule has 1 unspecified atom stereocenters. The molecule has 1 aliphatic heterocycles. The van der Waals surface area contributed by atoms with Crippen molar-refractivity contribution in [3.05, 3.63) is 87.6 Å². The highest BCUT2D eigenvalue weighted by Gasteiger charge is 2.39. The fourth-order valence-corrected chi connectivity index (χ4v) is 4.66. The van der Waals surface area contributed by atoms with Gasteiger partial charge in [0.05, 0.1) is 5.57 Å². The molecule has 3 aromatic carbocycles. The van der Waals surface area contributed by atoms with Crippen molar-refractivity contribution in [2.45, 2.75) is 19.4 Å². The number of hydrogen-bond donors (Lipinski definition) is 1. The molecular weight excluding hydrogens is 400 g/mol. The second kappa shape index (κ2) is 6.86. The summed E-state index contributed by atoms with van der Waals surface area (Å²) in [4.78, 5) is 15.5. The molecule has 0 aromatic heterocycles.